The van der Waals surface area contributed by atoms with Gasteiger partial charge in [0.2, 0.25) is 6.02 Å². The molecule has 3 aromatic rings. The van der Waals surface area contributed by atoms with E-state index in [0.29, 0.717) is 22.5 Å². The highest BCUT2D eigenvalue weighted by atomic mass is 19.1. The van der Waals surface area contributed by atoms with Crippen molar-refractivity contribution in [3.05, 3.63) is 102 Å². The van der Waals surface area contributed by atoms with E-state index in [1.165, 1.54) is 12.1 Å². The summed E-state index contributed by atoms with van der Waals surface area (Å²) < 4.78 is 14.4. The first-order valence-corrected chi connectivity index (χ1v) is 8.28. The van der Waals surface area contributed by atoms with Gasteiger partial charge in [-0.25, -0.2) is 4.39 Å². The van der Waals surface area contributed by atoms with Gasteiger partial charge >= 0.3 is 6.03 Å². The van der Waals surface area contributed by atoms with Gasteiger partial charge in [-0.15, -0.1) is 4.90 Å². The molecule has 1 aliphatic heterocycles. The van der Waals surface area contributed by atoms with Crippen LogP contribution in [0.15, 0.2) is 90.0 Å². The molecule has 2 amide bonds. The molecule has 0 saturated carbocycles. The van der Waals surface area contributed by atoms with Gasteiger partial charge in [0.1, 0.15) is 11.5 Å². The smallest absolute Gasteiger partial charge is 0.530 e. The lowest BCUT2D eigenvalue weighted by atomic mass is 10.0. The molecule has 5 nitrogen and oxygen atoms in total. The van der Waals surface area contributed by atoms with Crippen molar-refractivity contribution in [2.75, 3.05) is 4.90 Å². The number of rotatable bonds is 3. The number of para-hydroxylation sites is 1. The maximum atomic E-state index is 13.4. The van der Waals surface area contributed by atoms with Gasteiger partial charge < -0.3 is 5.11 Å². The van der Waals surface area contributed by atoms with Crippen LogP contribution in [-0.2, 0) is 0 Å². The van der Waals surface area contributed by atoms with E-state index in [9.17, 15) is 14.3 Å². The van der Waals surface area contributed by atoms with Gasteiger partial charge in [-0.3, -0.25) is 0 Å². The maximum Gasteiger partial charge on any atom is 0.530 e. The second-order valence-electron chi connectivity index (χ2n) is 5.87. The summed E-state index contributed by atoms with van der Waals surface area (Å²) in [5, 5.41) is 16.4. The topological polar surface area (TPSA) is 58.7 Å². The lowest BCUT2D eigenvalue weighted by Crippen LogP contribution is -2.40. The second kappa shape index (κ2) is 6.84. The molecule has 3 aromatic carbocycles. The van der Waals surface area contributed by atoms with Crippen LogP contribution in [0.5, 0.6) is 0 Å². The van der Waals surface area contributed by atoms with Crippen LogP contribution in [0.2, 0.25) is 0 Å². The first-order valence-electron chi connectivity index (χ1n) is 8.28. The summed E-state index contributed by atoms with van der Waals surface area (Å²) in [6, 6.07) is 22.1. The summed E-state index contributed by atoms with van der Waals surface area (Å²) in [6.45, 7) is 0. The van der Waals surface area contributed by atoms with Gasteiger partial charge in [-0.05, 0) is 41.5 Å². The minimum atomic E-state index is -0.679. The molecule has 0 atom stereocenters. The zero-order valence-electron chi connectivity index (χ0n) is 14.1. The molecule has 0 aromatic heterocycles. The highest BCUT2D eigenvalue weighted by molar-refractivity contribution is 6.17. The van der Waals surface area contributed by atoms with Gasteiger partial charge in [0.15, 0.2) is 5.71 Å². The van der Waals surface area contributed by atoms with Crippen LogP contribution in [0.25, 0.3) is 0 Å². The lowest BCUT2D eigenvalue weighted by molar-refractivity contribution is -0.427. The van der Waals surface area contributed by atoms with E-state index in [0.717, 1.165) is 9.58 Å². The van der Waals surface area contributed by atoms with Crippen LogP contribution in [0.4, 0.5) is 14.9 Å². The number of urea groups is 1. The minimum absolute atomic E-state index is 0.391. The molecular formula is C21H14FN3O2. The number of hydrogen-bond donors (Lipinski definition) is 0. The lowest BCUT2D eigenvalue weighted by Gasteiger charge is -2.11. The van der Waals surface area contributed by atoms with Crippen molar-refractivity contribution >= 4 is 23.5 Å². The average Bonchev–Trinajstić information content (AvgIpc) is 2.99. The van der Waals surface area contributed by atoms with Gasteiger partial charge in [-0.1, -0.05) is 53.2 Å². The van der Waals surface area contributed by atoms with E-state index in [1.54, 1.807) is 54.6 Å². The van der Waals surface area contributed by atoms with Crippen molar-refractivity contribution < 1.29 is 19.0 Å². The zero-order chi connectivity index (χ0) is 18.8. The Hall–Kier alpha value is -3.80. The van der Waals surface area contributed by atoms with E-state index in [1.807, 2.05) is 18.2 Å². The van der Waals surface area contributed by atoms with Crippen LogP contribution in [0.1, 0.15) is 11.1 Å². The van der Waals surface area contributed by atoms with Crippen LogP contribution < -0.4 is 10.0 Å². The number of hydrogen-bond acceptors (Lipinski definition) is 3. The Balaban J connectivity index is 1.90. The van der Waals surface area contributed by atoms with Crippen LogP contribution >= 0.6 is 0 Å². The number of amidine groups is 1. The maximum absolute atomic E-state index is 13.4. The Labute approximate surface area is 154 Å². The average molecular weight is 359 g/mol. The third kappa shape index (κ3) is 3.08. The summed E-state index contributed by atoms with van der Waals surface area (Å²) in [7, 11) is 0. The van der Waals surface area contributed by atoms with Crippen LogP contribution in [0, 0.1) is 5.82 Å². The predicted octanol–water partition coefficient (Wildman–Crippen LogP) is 2.95. The van der Waals surface area contributed by atoms with E-state index >= 15 is 0 Å². The number of amides is 2. The summed E-state index contributed by atoms with van der Waals surface area (Å²) in [5.74, 6) is -0.391. The number of hydrazone groups is 1. The minimum Gasteiger partial charge on any atom is -0.824 e. The number of halogens is 1. The van der Waals surface area contributed by atoms with Crippen LogP contribution in [-0.4, -0.2) is 22.4 Å². The van der Waals surface area contributed by atoms with E-state index in [4.69, 9.17) is 0 Å². The molecule has 1 heterocycles. The molecule has 1 aliphatic rings. The fourth-order valence-electron chi connectivity index (χ4n) is 2.91. The number of nitrogens with zero attached hydrogens (tertiary/aromatic N) is 3. The first kappa shape index (κ1) is 16.7. The summed E-state index contributed by atoms with van der Waals surface area (Å²) in [5.41, 5.74) is 2.10. The van der Waals surface area contributed by atoms with Crippen molar-refractivity contribution in [2.45, 2.75) is 0 Å². The molecule has 0 spiro atoms. The Morgan fingerprint density at radius 1 is 0.852 bits per heavy atom. The van der Waals surface area contributed by atoms with Crippen molar-refractivity contribution in [3.8, 4) is 0 Å². The Morgan fingerprint density at radius 2 is 1.41 bits per heavy atom. The van der Waals surface area contributed by atoms with E-state index in [-0.39, 0.29) is 0 Å². The fraction of sp³-hybridized carbons (Fsp3) is 0. The highest BCUT2D eigenvalue weighted by Gasteiger charge is 2.39. The van der Waals surface area contributed by atoms with Crippen molar-refractivity contribution in [2.24, 2.45) is 5.10 Å². The molecule has 0 saturated heterocycles. The molecule has 0 fully saturated rings. The number of benzene rings is 3. The second-order valence-corrected chi connectivity index (χ2v) is 5.87. The van der Waals surface area contributed by atoms with Gasteiger partial charge in [0, 0.05) is 11.1 Å². The third-order valence-electron chi connectivity index (χ3n) is 4.14. The number of anilines is 1. The molecule has 0 unspecified atom stereocenters. The summed E-state index contributed by atoms with van der Waals surface area (Å²) in [4.78, 5) is 14.0. The Kier molecular flexibility index (Phi) is 4.22. The first-order chi connectivity index (χ1) is 13.1. The Bertz CT molecular complexity index is 1050. The molecule has 6 heteroatoms. The highest BCUT2D eigenvalue weighted by Crippen LogP contribution is 2.20. The molecule has 132 valence electrons. The fourth-order valence-corrected chi connectivity index (χ4v) is 2.91. The monoisotopic (exact) mass is 359 g/mol. The molecule has 4 rings (SSSR count). The van der Waals surface area contributed by atoms with Gasteiger partial charge in [0.05, 0.1) is 0 Å². The molecule has 27 heavy (non-hydrogen) atoms. The quantitative estimate of drug-likeness (QED) is 0.675. The third-order valence-corrected chi connectivity index (χ3v) is 4.14. The predicted molar refractivity (Wildman–Crippen MR) is 98.1 cm³/mol. The normalized spacial score (nSPS) is 15.7. The van der Waals surface area contributed by atoms with E-state index < -0.39 is 17.9 Å². The van der Waals surface area contributed by atoms with Crippen molar-refractivity contribution in [1.82, 2.24) is 0 Å². The van der Waals surface area contributed by atoms with Crippen molar-refractivity contribution in [1.29, 1.82) is 0 Å². The summed E-state index contributed by atoms with van der Waals surface area (Å²) in [6.07, 6.45) is 0. The molecule has 0 N–H and O–H groups in total. The SMILES string of the molecule is O=C1N(c2ccccc2)C([O-])=N/[N+]1=C(/c1ccccc1)c1ccc(F)cc1. The summed E-state index contributed by atoms with van der Waals surface area (Å²) >= 11 is 0. The van der Waals surface area contributed by atoms with Crippen LogP contribution in [0.3, 0.4) is 0 Å². The largest absolute Gasteiger partial charge is 0.824 e. The van der Waals surface area contributed by atoms with Crippen molar-refractivity contribution in [3.63, 3.8) is 0 Å². The van der Waals surface area contributed by atoms with Gasteiger partial charge in [0.25, 0.3) is 0 Å². The standard InChI is InChI=1S/C21H14FN3O2/c22-17-13-11-16(12-14-17)19(15-7-3-1-4-8-15)25-21(27)24(20(26)23-25)18-9-5-2-6-10-18/h1-14H/b25-19-. The molecule has 0 aliphatic carbocycles. The number of carbonyl (C=O) groups excluding carboxylic acids is 1. The zero-order valence-corrected chi connectivity index (χ0v) is 14.1. The molecular weight excluding hydrogens is 345 g/mol. The molecule has 0 radical (unpaired) electrons. The molecule has 0 bridgehead atoms. The van der Waals surface area contributed by atoms with E-state index in [2.05, 4.69) is 5.10 Å². The number of carbonyl (C=O) groups is 1. The Morgan fingerprint density at radius 3 is 2.04 bits per heavy atom. The van der Waals surface area contributed by atoms with Gasteiger partial charge in [-0.2, -0.15) is 4.79 Å².